The van der Waals surface area contributed by atoms with Crippen molar-refractivity contribution < 1.29 is 0 Å². The van der Waals surface area contributed by atoms with Crippen molar-refractivity contribution in [1.29, 1.82) is 0 Å². The van der Waals surface area contributed by atoms with Gasteiger partial charge < -0.3 is 0 Å². The molecule has 0 nitrogen and oxygen atoms in total. The van der Waals surface area contributed by atoms with Crippen LogP contribution in [0.25, 0.3) is 0 Å². The van der Waals surface area contributed by atoms with E-state index in [1.807, 2.05) is 0 Å². The molecule has 94 valence electrons. The van der Waals surface area contributed by atoms with Gasteiger partial charge in [-0.2, -0.15) is 0 Å². The van der Waals surface area contributed by atoms with E-state index in [1.54, 1.807) is 5.57 Å². The average Bonchev–Trinajstić information content (AvgIpc) is 1.98. The zero-order valence-electron chi connectivity index (χ0n) is 12.7. The third kappa shape index (κ3) is 7.53. The maximum absolute atomic E-state index is 2.67. The van der Waals surface area contributed by atoms with Gasteiger partial charge >= 0.3 is 0 Å². The fourth-order valence-corrected chi connectivity index (χ4v) is 6.14. The molecule has 0 atom stereocenters. The van der Waals surface area contributed by atoms with Crippen LogP contribution in [-0.4, -0.2) is 14.1 Å². The molecule has 0 aliphatic heterocycles. The zero-order valence-corrected chi connectivity index (χ0v) is 13.9. The summed E-state index contributed by atoms with van der Waals surface area (Å²) in [7, 11) is 0. The van der Waals surface area contributed by atoms with E-state index in [9.17, 15) is 0 Å². The molecule has 0 amide bonds. The van der Waals surface area contributed by atoms with E-state index in [2.05, 4.69) is 60.3 Å². The van der Waals surface area contributed by atoms with Gasteiger partial charge in [0.1, 0.15) is 0 Å². The van der Waals surface area contributed by atoms with Crippen LogP contribution in [-0.2, 0) is 0 Å². The summed E-state index contributed by atoms with van der Waals surface area (Å²) in [6.07, 6.45) is 0. The van der Waals surface area contributed by atoms with Crippen LogP contribution in [0.4, 0.5) is 0 Å². The predicted octanol–water partition coefficient (Wildman–Crippen LogP) is 5.32. The number of hydrogen-bond acceptors (Lipinski definition) is 0. The van der Waals surface area contributed by atoms with Gasteiger partial charge in [-0.25, -0.2) is 0 Å². The minimum Gasteiger partial charge on any atom is -0.145 e. The Kier molecular flexibility index (Phi) is 6.99. The molecule has 0 saturated carbocycles. The van der Waals surface area contributed by atoms with Crippen LogP contribution in [0, 0.1) is 17.3 Å². The van der Waals surface area contributed by atoms with Gasteiger partial charge in [-0.3, -0.25) is 0 Å². The molecule has 16 heavy (non-hydrogen) atoms. The van der Waals surface area contributed by atoms with Gasteiger partial charge in [-0.1, -0.05) is 76.4 Å². The predicted molar refractivity (Wildman–Crippen MR) is 78.3 cm³/mol. The van der Waals surface area contributed by atoms with Crippen molar-refractivity contribution in [2.45, 2.75) is 66.0 Å². The lowest BCUT2D eigenvalue weighted by Crippen LogP contribution is -2.18. The highest BCUT2D eigenvalue weighted by Gasteiger charge is 2.21. The molecule has 1 heteroatoms. The number of allylic oxidation sites excluding steroid dienone is 1. The standard InChI is InChI=1S/C7H13.2C4H9.Al/c1-6(2)7(3,4)5;2*1-4(2)3;/h1H,2-5H3;2*4H,1H2,2-3H3;. The molecule has 0 aromatic rings. The molecule has 0 aliphatic rings. The summed E-state index contributed by atoms with van der Waals surface area (Å²) >= 11 is -0.669. The zero-order chi connectivity index (χ0) is 12.9. The van der Waals surface area contributed by atoms with Crippen LogP contribution in [0.3, 0.4) is 0 Å². The second-order valence-corrected chi connectivity index (χ2v) is 9.92. The third-order valence-corrected chi connectivity index (χ3v) is 7.29. The molecular formula is C15H31Al. The minimum absolute atomic E-state index is 0.360. The second-order valence-electron chi connectivity index (χ2n) is 7.12. The van der Waals surface area contributed by atoms with Gasteiger partial charge in [0.05, 0.1) is 0 Å². The SMILES string of the molecule is CC(=[CH][Al]([CH2]C(C)C)[CH2]C(C)C)C(C)(C)C. The van der Waals surface area contributed by atoms with E-state index in [1.165, 1.54) is 10.6 Å². The van der Waals surface area contributed by atoms with E-state index in [0.717, 1.165) is 11.8 Å². The quantitative estimate of drug-likeness (QED) is 0.568. The fraction of sp³-hybridized carbons (Fsp3) is 0.867. The van der Waals surface area contributed by atoms with Gasteiger partial charge in [-0.15, -0.1) is 4.94 Å². The highest BCUT2D eigenvalue weighted by atomic mass is 27.2. The molecule has 0 bridgehead atoms. The minimum atomic E-state index is -0.669. The van der Waals surface area contributed by atoms with Crippen LogP contribution in [0.1, 0.15) is 55.4 Å². The first-order valence-corrected chi connectivity index (χ1v) is 9.11. The van der Waals surface area contributed by atoms with Crippen molar-refractivity contribution >= 4 is 14.1 Å². The first kappa shape index (κ1) is 16.3. The normalized spacial score (nSPS) is 13.8. The Morgan fingerprint density at radius 3 is 1.62 bits per heavy atom. The molecule has 0 unspecified atom stereocenters. The molecule has 0 radical (unpaired) electrons. The molecule has 0 heterocycles. The summed E-state index contributed by atoms with van der Waals surface area (Å²) in [6.45, 7) is 18.8. The molecule has 0 N–H and O–H groups in total. The summed E-state index contributed by atoms with van der Waals surface area (Å²) < 4.78 is 0. The van der Waals surface area contributed by atoms with Gasteiger partial charge in [0.2, 0.25) is 0 Å². The maximum Gasteiger partial charge on any atom is 0.295 e. The Morgan fingerprint density at radius 2 is 1.38 bits per heavy atom. The summed E-state index contributed by atoms with van der Waals surface area (Å²) in [5.74, 6) is 1.72. The summed E-state index contributed by atoms with van der Waals surface area (Å²) in [4.78, 5) is 2.67. The highest BCUT2D eigenvalue weighted by Crippen LogP contribution is 2.26. The van der Waals surface area contributed by atoms with Crippen molar-refractivity contribution in [2.75, 3.05) is 0 Å². The summed E-state index contributed by atoms with van der Waals surface area (Å²) in [5, 5.41) is 2.93. The van der Waals surface area contributed by atoms with E-state index in [-0.39, 0.29) is 0 Å². The molecule has 0 aromatic carbocycles. The van der Waals surface area contributed by atoms with Crippen molar-refractivity contribution in [2.24, 2.45) is 17.3 Å². The van der Waals surface area contributed by atoms with Crippen LogP contribution >= 0.6 is 0 Å². The topological polar surface area (TPSA) is 0 Å². The Labute approximate surface area is 108 Å². The average molecular weight is 238 g/mol. The Morgan fingerprint density at radius 1 is 1.00 bits per heavy atom. The molecule has 0 saturated heterocycles. The van der Waals surface area contributed by atoms with Crippen LogP contribution in [0.15, 0.2) is 10.5 Å². The van der Waals surface area contributed by atoms with Gasteiger partial charge in [0.15, 0.2) is 0 Å². The molecular weight excluding hydrogens is 207 g/mol. The maximum atomic E-state index is 2.67. The Hall–Kier alpha value is 0.272. The molecule has 0 aromatic heterocycles. The largest absolute Gasteiger partial charge is 0.295 e. The van der Waals surface area contributed by atoms with Gasteiger partial charge in [-0.05, 0) is 12.3 Å². The molecule has 0 spiro atoms. The lowest BCUT2D eigenvalue weighted by atomic mass is 9.89. The Bertz CT molecular complexity index is 208. The monoisotopic (exact) mass is 238 g/mol. The summed E-state index contributed by atoms with van der Waals surface area (Å²) in [5.41, 5.74) is 1.96. The smallest absolute Gasteiger partial charge is 0.145 e. The van der Waals surface area contributed by atoms with Crippen molar-refractivity contribution in [3.63, 3.8) is 0 Å². The first-order chi connectivity index (χ1) is 7.12. The van der Waals surface area contributed by atoms with Gasteiger partial charge in [0, 0.05) is 0 Å². The van der Waals surface area contributed by atoms with E-state index >= 15 is 0 Å². The molecule has 0 aliphatic carbocycles. The van der Waals surface area contributed by atoms with Crippen LogP contribution in [0.2, 0.25) is 10.6 Å². The molecule has 0 fully saturated rings. The third-order valence-electron chi connectivity index (χ3n) is 3.22. The fourth-order valence-electron chi connectivity index (χ4n) is 2.05. The molecule has 0 rings (SSSR count). The summed E-state index contributed by atoms with van der Waals surface area (Å²) in [6, 6.07) is 0. The van der Waals surface area contributed by atoms with Crippen molar-refractivity contribution in [1.82, 2.24) is 0 Å². The number of rotatable bonds is 5. The Balaban J connectivity index is 4.64. The number of hydrogen-bond donors (Lipinski definition) is 0. The van der Waals surface area contributed by atoms with Gasteiger partial charge in [0.25, 0.3) is 14.1 Å². The van der Waals surface area contributed by atoms with Crippen LogP contribution in [0.5, 0.6) is 0 Å². The van der Waals surface area contributed by atoms with Crippen LogP contribution < -0.4 is 0 Å². The second kappa shape index (κ2) is 6.87. The first-order valence-electron chi connectivity index (χ1n) is 6.81. The van der Waals surface area contributed by atoms with E-state index in [0.29, 0.717) is 5.41 Å². The highest BCUT2D eigenvalue weighted by molar-refractivity contribution is 6.64. The lowest BCUT2D eigenvalue weighted by Gasteiger charge is -2.22. The lowest BCUT2D eigenvalue weighted by molar-refractivity contribution is 0.504. The van der Waals surface area contributed by atoms with E-state index < -0.39 is 14.1 Å². The van der Waals surface area contributed by atoms with Crippen molar-refractivity contribution in [3.8, 4) is 0 Å². The van der Waals surface area contributed by atoms with E-state index in [4.69, 9.17) is 0 Å². The van der Waals surface area contributed by atoms with Crippen molar-refractivity contribution in [3.05, 3.63) is 10.5 Å².